The lowest BCUT2D eigenvalue weighted by molar-refractivity contribution is 0.158. The summed E-state index contributed by atoms with van der Waals surface area (Å²) in [6.45, 7) is 2.55. The van der Waals surface area contributed by atoms with Gasteiger partial charge in [-0.25, -0.2) is 9.18 Å². The van der Waals surface area contributed by atoms with Gasteiger partial charge in [0, 0.05) is 18.4 Å². The van der Waals surface area contributed by atoms with E-state index in [4.69, 9.17) is 14.0 Å². The predicted octanol–water partition coefficient (Wildman–Crippen LogP) is 4.03. The van der Waals surface area contributed by atoms with E-state index >= 15 is 0 Å². The third-order valence-corrected chi connectivity index (χ3v) is 5.30. The van der Waals surface area contributed by atoms with Gasteiger partial charge in [-0.2, -0.15) is 4.98 Å². The van der Waals surface area contributed by atoms with Gasteiger partial charge in [-0.3, -0.25) is 4.90 Å². The number of amides is 2. The number of urea groups is 1. The number of aromatic nitrogens is 2. The second kappa shape index (κ2) is 9.19. The number of carbonyl (C=O) groups is 1. The number of halogens is 1. The van der Waals surface area contributed by atoms with Gasteiger partial charge in [-0.05, 0) is 36.8 Å². The first-order chi connectivity index (χ1) is 15.5. The van der Waals surface area contributed by atoms with Crippen molar-refractivity contribution >= 4 is 11.6 Å². The van der Waals surface area contributed by atoms with E-state index in [-0.39, 0.29) is 17.7 Å². The van der Waals surface area contributed by atoms with Gasteiger partial charge in [0.2, 0.25) is 5.82 Å². The number of hydrogen-bond acceptors (Lipinski definition) is 6. The van der Waals surface area contributed by atoms with E-state index in [0.29, 0.717) is 35.7 Å². The number of nitrogens with zero attached hydrogens (tertiary/aromatic N) is 3. The summed E-state index contributed by atoms with van der Waals surface area (Å²) < 4.78 is 29.6. The van der Waals surface area contributed by atoms with Crippen molar-refractivity contribution in [2.75, 3.05) is 27.4 Å². The Morgan fingerprint density at radius 2 is 1.97 bits per heavy atom. The van der Waals surface area contributed by atoms with Crippen LogP contribution in [0.3, 0.4) is 0 Å². The summed E-state index contributed by atoms with van der Waals surface area (Å²) in [5, 5.41) is 7.05. The number of methoxy groups -OCH3 is 2. The largest absolute Gasteiger partial charge is 0.497 e. The van der Waals surface area contributed by atoms with Crippen LogP contribution >= 0.6 is 0 Å². The zero-order valence-electron chi connectivity index (χ0n) is 18.0. The maximum Gasteiger partial charge on any atom is 0.322 e. The molecule has 1 N–H and O–H groups in total. The first-order valence-corrected chi connectivity index (χ1v) is 10.0. The Balaban J connectivity index is 1.79. The number of hydrogen-bond donors (Lipinski definition) is 1. The van der Waals surface area contributed by atoms with Crippen molar-refractivity contribution in [3.63, 3.8) is 0 Å². The molecule has 0 radical (unpaired) electrons. The molecule has 0 fully saturated rings. The van der Waals surface area contributed by atoms with Gasteiger partial charge in [0.25, 0.3) is 5.89 Å². The average molecular weight is 438 g/mol. The smallest absolute Gasteiger partial charge is 0.322 e. The minimum atomic E-state index is -0.520. The summed E-state index contributed by atoms with van der Waals surface area (Å²) >= 11 is 0. The van der Waals surface area contributed by atoms with Crippen LogP contribution in [0, 0.1) is 5.82 Å². The molecule has 0 saturated carbocycles. The van der Waals surface area contributed by atoms with Crippen LogP contribution in [0.4, 0.5) is 9.18 Å². The fourth-order valence-corrected chi connectivity index (χ4v) is 3.63. The van der Waals surface area contributed by atoms with Crippen molar-refractivity contribution in [2.24, 2.45) is 0 Å². The molecule has 1 aliphatic rings. The molecule has 9 heteroatoms. The lowest BCUT2D eigenvalue weighted by Gasteiger charge is -2.35. The standard InChI is InChI=1S/C23H23FN4O4/c1-14-19(22-26-21(27-32-22)16-5-4-6-17(24)13-16)20(15-7-9-18(31-3)10-8-15)25-23(29)28(14)11-12-30-2/h4-10,13,20H,11-12H2,1-3H3,(H,25,29). The van der Waals surface area contributed by atoms with Crippen LogP contribution < -0.4 is 10.1 Å². The van der Waals surface area contributed by atoms with Crippen LogP contribution in [0.15, 0.2) is 58.8 Å². The molecule has 2 amide bonds. The number of ether oxygens (including phenoxy) is 2. The molecular weight excluding hydrogens is 415 g/mol. The van der Waals surface area contributed by atoms with E-state index in [1.54, 1.807) is 31.3 Å². The second-order valence-corrected chi connectivity index (χ2v) is 7.23. The number of allylic oxidation sites excluding steroid dienone is 1. The normalized spacial score (nSPS) is 16.3. The van der Waals surface area contributed by atoms with Gasteiger partial charge in [-0.1, -0.05) is 29.4 Å². The summed E-state index contributed by atoms with van der Waals surface area (Å²) in [6.07, 6.45) is 0. The van der Waals surface area contributed by atoms with Crippen LogP contribution in [0.25, 0.3) is 17.0 Å². The topological polar surface area (TPSA) is 89.7 Å². The molecule has 2 aromatic carbocycles. The molecular formula is C23H23FN4O4. The maximum atomic E-state index is 13.7. The van der Waals surface area contributed by atoms with E-state index in [1.165, 1.54) is 12.1 Å². The van der Waals surface area contributed by atoms with Crippen molar-refractivity contribution in [1.29, 1.82) is 0 Å². The number of benzene rings is 2. The highest BCUT2D eigenvalue weighted by molar-refractivity contribution is 5.86. The molecule has 32 heavy (non-hydrogen) atoms. The third kappa shape index (κ3) is 4.19. The van der Waals surface area contributed by atoms with E-state index in [1.807, 2.05) is 31.2 Å². The first-order valence-electron chi connectivity index (χ1n) is 10.0. The minimum Gasteiger partial charge on any atom is -0.497 e. The van der Waals surface area contributed by atoms with Gasteiger partial charge in [0.15, 0.2) is 0 Å². The molecule has 3 aromatic rings. The quantitative estimate of drug-likeness (QED) is 0.599. The molecule has 1 aromatic heterocycles. The maximum absolute atomic E-state index is 13.7. The molecule has 8 nitrogen and oxygen atoms in total. The Morgan fingerprint density at radius 1 is 1.19 bits per heavy atom. The molecule has 1 atom stereocenters. The van der Waals surface area contributed by atoms with Crippen LogP contribution in [0.2, 0.25) is 0 Å². The van der Waals surface area contributed by atoms with Crippen molar-refractivity contribution in [3.05, 3.63) is 71.5 Å². The van der Waals surface area contributed by atoms with Gasteiger partial charge < -0.3 is 19.3 Å². The summed E-state index contributed by atoms with van der Waals surface area (Å²) in [7, 11) is 3.16. The van der Waals surface area contributed by atoms with Crippen molar-refractivity contribution in [3.8, 4) is 17.1 Å². The van der Waals surface area contributed by atoms with E-state index < -0.39 is 11.9 Å². The van der Waals surface area contributed by atoms with Crippen LogP contribution in [0.5, 0.6) is 5.75 Å². The highest BCUT2D eigenvalue weighted by Crippen LogP contribution is 2.37. The van der Waals surface area contributed by atoms with Crippen LogP contribution in [-0.4, -0.2) is 48.4 Å². The summed E-state index contributed by atoms with van der Waals surface area (Å²) in [5.74, 6) is 0.806. The van der Waals surface area contributed by atoms with Gasteiger partial charge in [-0.15, -0.1) is 0 Å². The molecule has 1 aliphatic heterocycles. The molecule has 0 bridgehead atoms. The fourth-order valence-electron chi connectivity index (χ4n) is 3.63. The Labute approximate surface area is 184 Å². The lowest BCUT2D eigenvalue weighted by Crippen LogP contribution is -2.47. The number of nitrogens with one attached hydrogen (secondary N) is 1. The van der Waals surface area contributed by atoms with Crippen LogP contribution in [0.1, 0.15) is 24.4 Å². The Bertz CT molecular complexity index is 1140. The Morgan fingerprint density at radius 3 is 2.66 bits per heavy atom. The summed E-state index contributed by atoms with van der Waals surface area (Å²) in [4.78, 5) is 18.9. The zero-order chi connectivity index (χ0) is 22.7. The van der Waals surface area contributed by atoms with Crippen molar-refractivity contribution in [1.82, 2.24) is 20.4 Å². The second-order valence-electron chi connectivity index (χ2n) is 7.23. The van der Waals surface area contributed by atoms with E-state index in [0.717, 1.165) is 5.56 Å². The number of rotatable bonds is 7. The Kier molecular flexibility index (Phi) is 6.18. The SMILES string of the molecule is COCCN1C(=O)NC(c2ccc(OC)cc2)C(c2nc(-c3cccc(F)c3)no2)=C1C. The molecule has 4 rings (SSSR count). The van der Waals surface area contributed by atoms with E-state index in [2.05, 4.69) is 15.5 Å². The first kappa shape index (κ1) is 21.5. The molecule has 1 unspecified atom stereocenters. The van der Waals surface area contributed by atoms with E-state index in [9.17, 15) is 9.18 Å². The van der Waals surface area contributed by atoms with Gasteiger partial charge >= 0.3 is 6.03 Å². The lowest BCUT2D eigenvalue weighted by atomic mass is 9.94. The molecule has 0 aliphatic carbocycles. The summed E-state index contributed by atoms with van der Waals surface area (Å²) in [6, 6.07) is 12.6. The average Bonchev–Trinajstić information content (AvgIpc) is 3.28. The monoisotopic (exact) mass is 438 g/mol. The highest BCUT2D eigenvalue weighted by Gasteiger charge is 2.35. The fraction of sp³-hybridized carbons (Fsp3) is 0.261. The molecule has 166 valence electrons. The predicted molar refractivity (Wildman–Crippen MR) is 115 cm³/mol. The Hall–Kier alpha value is -3.72. The molecule has 0 spiro atoms. The minimum absolute atomic E-state index is 0.241. The number of carbonyl (C=O) groups excluding carboxylic acids is 1. The molecule has 0 saturated heterocycles. The molecule has 2 heterocycles. The zero-order valence-corrected chi connectivity index (χ0v) is 18.0. The van der Waals surface area contributed by atoms with Gasteiger partial charge in [0.1, 0.15) is 11.6 Å². The van der Waals surface area contributed by atoms with Crippen molar-refractivity contribution in [2.45, 2.75) is 13.0 Å². The third-order valence-electron chi connectivity index (χ3n) is 5.30. The van der Waals surface area contributed by atoms with Crippen LogP contribution in [-0.2, 0) is 4.74 Å². The summed E-state index contributed by atoms with van der Waals surface area (Å²) in [5.41, 5.74) is 2.64. The van der Waals surface area contributed by atoms with Crippen molar-refractivity contribution < 1.29 is 23.2 Å². The van der Waals surface area contributed by atoms with Gasteiger partial charge in [0.05, 0.1) is 31.9 Å². The highest BCUT2D eigenvalue weighted by atomic mass is 19.1.